The Labute approximate surface area is 161 Å². The van der Waals surface area contributed by atoms with Crippen molar-refractivity contribution in [1.82, 2.24) is 5.32 Å². The summed E-state index contributed by atoms with van der Waals surface area (Å²) in [5, 5.41) is 11.3. The number of hydrogen-bond donors (Lipinski definition) is 2. The first-order valence-electron chi connectivity index (χ1n) is 9.34. The summed E-state index contributed by atoms with van der Waals surface area (Å²) in [6, 6.07) is 4.96. The van der Waals surface area contributed by atoms with Crippen LogP contribution in [0.3, 0.4) is 0 Å². The van der Waals surface area contributed by atoms with Crippen LogP contribution in [0.5, 0.6) is 0 Å². The highest BCUT2D eigenvalue weighted by Gasteiger charge is 2.51. The van der Waals surface area contributed by atoms with Gasteiger partial charge in [0.15, 0.2) is 0 Å². The predicted molar refractivity (Wildman–Crippen MR) is 105 cm³/mol. The van der Waals surface area contributed by atoms with E-state index in [2.05, 4.69) is 26.1 Å². The van der Waals surface area contributed by atoms with Gasteiger partial charge in [0.2, 0.25) is 0 Å². The average molecular weight is 379 g/mol. The summed E-state index contributed by atoms with van der Waals surface area (Å²) in [6.45, 7) is 14.1. The van der Waals surface area contributed by atoms with E-state index < -0.39 is 24.4 Å². The van der Waals surface area contributed by atoms with Crippen LogP contribution in [0, 0.1) is 11.2 Å². The van der Waals surface area contributed by atoms with Crippen LogP contribution < -0.4 is 10.8 Å². The summed E-state index contributed by atoms with van der Waals surface area (Å²) in [5.74, 6) is -0.628. The fourth-order valence-corrected chi connectivity index (χ4v) is 3.24. The lowest BCUT2D eigenvalue weighted by atomic mass is 9.76. The molecular weight excluding hydrogens is 348 g/mol. The molecule has 1 fully saturated rings. The summed E-state index contributed by atoms with van der Waals surface area (Å²) in [6.07, 6.45) is -0.455. The third kappa shape index (κ3) is 5.23. The predicted octanol–water partition coefficient (Wildman–Crippen LogP) is 3.91. The number of hydrogen-bond acceptors (Lipinski definition) is 3. The van der Waals surface area contributed by atoms with Crippen LogP contribution in [-0.2, 0) is 9.31 Å². The van der Waals surface area contributed by atoms with Gasteiger partial charge < -0.3 is 19.7 Å². The molecular formula is C20H31BFNO4. The van der Waals surface area contributed by atoms with E-state index in [1.54, 1.807) is 12.1 Å². The third-order valence-electron chi connectivity index (χ3n) is 5.35. The number of rotatable bonds is 5. The molecule has 0 saturated carbocycles. The van der Waals surface area contributed by atoms with Crippen LogP contribution in [-0.4, -0.2) is 36.1 Å². The number of carbonyl (C=O) groups is 1. The van der Waals surface area contributed by atoms with Crippen molar-refractivity contribution < 1.29 is 23.6 Å². The van der Waals surface area contributed by atoms with Crippen LogP contribution in [0.4, 0.5) is 9.18 Å². The Hall–Kier alpha value is -1.60. The van der Waals surface area contributed by atoms with E-state index in [1.165, 1.54) is 6.07 Å². The lowest BCUT2D eigenvalue weighted by Crippen LogP contribution is -2.41. The molecule has 1 aromatic rings. The molecule has 0 spiro atoms. The fraction of sp³-hybridized carbons (Fsp3) is 0.650. The van der Waals surface area contributed by atoms with Crippen molar-refractivity contribution in [3.05, 3.63) is 29.6 Å². The first-order valence-corrected chi connectivity index (χ1v) is 9.34. The Balaban J connectivity index is 2.26. The van der Waals surface area contributed by atoms with Crippen LogP contribution in [0.1, 0.15) is 66.4 Å². The van der Waals surface area contributed by atoms with Gasteiger partial charge in [-0.3, -0.25) is 0 Å². The van der Waals surface area contributed by atoms with E-state index in [4.69, 9.17) is 14.4 Å². The minimum Gasteiger partial charge on any atom is -0.465 e. The maximum absolute atomic E-state index is 15.0. The van der Waals surface area contributed by atoms with Crippen LogP contribution in [0.2, 0.25) is 0 Å². The summed E-state index contributed by atoms with van der Waals surface area (Å²) < 4.78 is 26.9. The summed E-state index contributed by atoms with van der Waals surface area (Å²) in [7, 11) is -0.628. The number of benzene rings is 1. The van der Waals surface area contributed by atoms with Crippen molar-refractivity contribution in [2.75, 3.05) is 6.54 Å². The highest BCUT2D eigenvalue weighted by molar-refractivity contribution is 6.62. The van der Waals surface area contributed by atoms with E-state index in [0.717, 1.165) is 0 Å². The molecule has 1 heterocycles. The Kier molecular flexibility index (Phi) is 5.98. The van der Waals surface area contributed by atoms with Crippen molar-refractivity contribution in [3.63, 3.8) is 0 Å². The Morgan fingerprint density at radius 1 is 1.22 bits per heavy atom. The van der Waals surface area contributed by atoms with E-state index >= 15 is 0 Å². The molecule has 1 amide bonds. The normalized spacial score (nSPS) is 19.8. The SMILES string of the molecule is CC(C)(C)C[C@H](CNC(=O)O)c1ccc(B2OC(C)(C)C(C)(C)O2)cc1F. The fourth-order valence-electron chi connectivity index (χ4n) is 3.24. The molecule has 27 heavy (non-hydrogen) atoms. The second-order valence-corrected chi connectivity index (χ2v) is 9.52. The van der Waals surface area contributed by atoms with Gasteiger partial charge in [-0.05, 0) is 56.6 Å². The van der Waals surface area contributed by atoms with Crippen molar-refractivity contribution >= 4 is 18.7 Å². The minimum atomic E-state index is -1.11. The second-order valence-electron chi connectivity index (χ2n) is 9.52. The van der Waals surface area contributed by atoms with Crippen molar-refractivity contribution in [2.45, 2.75) is 72.0 Å². The zero-order chi connectivity index (χ0) is 20.6. The molecule has 1 aliphatic rings. The van der Waals surface area contributed by atoms with Gasteiger partial charge in [-0.25, -0.2) is 9.18 Å². The molecule has 1 saturated heterocycles. The van der Waals surface area contributed by atoms with Gasteiger partial charge in [0.05, 0.1) is 11.2 Å². The quantitative estimate of drug-likeness (QED) is 0.762. The smallest absolute Gasteiger partial charge is 0.465 e. The maximum atomic E-state index is 15.0. The number of carboxylic acid groups (broad SMARTS) is 1. The van der Waals surface area contributed by atoms with E-state index in [-0.39, 0.29) is 23.7 Å². The van der Waals surface area contributed by atoms with Gasteiger partial charge in [0, 0.05) is 12.5 Å². The van der Waals surface area contributed by atoms with Crippen molar-refractivity contribution in [3.8, 4) is 0 Å². The second kappa shape index (κ2) is 7.43. The summed E-state index contributed by atoms with van der Waals surface area (Å²) in [4.78, 5) is 10.9. The van der Waals surface area contributed by atoms with Gasteiger partial charge in [0.25, 0.3) is 0 Å². The number of nitrogens with one attached hydrogen (secondary N) is 1. The van der Waals surface area contributed by atoms with Crippen LogP contribution in [0.15, 0.2) is 18.2 Å². The molecule has 0 unspecified atom stereocenters. The van der Waals surface area contributed by atoms with Crippen molar-refractivity contribution in [1.29, 1.82) is 0 Å². The molecule has 1 aromatic carbocycles. The number of halogens is 1. The molecule has 2 N–H and O–H groups in total. The standard InChI is InChI=1S/C20H31BFNO4/c1-18(2,3)11-13(12-23-17(24)25)15-9-8-14(10-16(15)22)21-26-19(4,5)20(6,7)27-21/h8-10,13,23H,11-12H2,1-7H3,(H,24,25)/t13-/m1/s1. The monoisotopic (exact) mass is 379 g/mol. The number of amides is 1. The Morgan fingerprint density at radius 2 is 1.78 bits per heavy atom. The van der Waals surface area contributed by atoms with E-state index in [9.17, 15) is 9.18 Å². The Bertz CT molecular complexity index is 684. The summed E-state index contributed by atoms with van der Waals surface area (Å²) >= 11 is 0. The van der Waals surface area contributed by atoms with Crippen LogP contribution in [0.25, 0.3) is 0 Å². The first-order chi connectivity index (χ1) is 12.2. The van der Waals surface area contributed by atoms with Crippen LogP contribution >= 0.6 is 0 Å². The lowest BCUT2D eigenvalue weighted by molar-refractivity contribution is 0.00578. The molecule has 5 nitrogen and oxygen atoms in total. The molecule has 150 valence electrons. The zero-order valence-corrected chi connectivity index (χ0v) is 17.4. The topological polar surface area (TPSA) is 67.8 Å². The van der Waals surface area contributed by atoms with Crippen molar-refractivity contribution in [2.24, 2.45) is 5.41 Å². The minimum absolute atomic E-state index is 0.0678. The van der Waals surface area contributed by atoms with E-state index in [0.29, 0.717) is 17.4 Å². The Morgan fingerprint density at radius 3 is 2.22 bits per heavy atom. The molecule has 7 heteroatoms. The third-order valence-corrected chi connectivity index (χ3v) is 5.35. The average Bonchev–Trinajstić information content (AvgIpc) is 2.70. The maximum Gasteiger partial charge on any atom is 0.494 e. The molecule has 1 aliphatic heterocycles. The molecule has 1 atom stereocenters. The highest BCUT2D eigenvalue weighted by atomic mass is 19.1. The summed E-state index contributed by atoms with van der Waals surface area (Å²) in [5.41, 5.74) is 0.0660. The van der Waals surface area contributed by atoms with Gasteiger partial charge in [0.1, 0.15) is 5.82 Å². The highest BCUT2D eigenvalue weighted by Crippen LogP contribution is 2.37. The molecule has 0 bridgehead atoms. The molecule has 0 aliphatic carbocycles. The van der Waals surface area contributed by atoms with Gasteiger partial charge in [-0.1, -0.05) is 32.9 Å². The largest absolute Gasteiger partial charge is 0.494 e. The lowest BCUT2D eigenvalue weighted by Gasteiger charge is -2.32. The van der Waals surface area contributed by atoms with Gasteiger partial charge in [-0.15, -0.1) is 0 Å². The zero-order valence-electron chi connectivity index (χ0n) is 17.4. The molecule has 0 aromatic heterocycles. The van der Waals surface area contributed by atoms with Gasteiger partial charge in [-0.2, -0.15) is 0 Å². The molecule has 2 rings (SSSR count). The van der Waals surface area contributed by atoms with E-state index in [1.807, 2.05) is 27.7 Å². The van der Waals surface area contributed by atoms with Gasteiger partial charge >= 0.3 is 13.2 Å². The first kappa shape index (κ1) is 21.7. The molecule has 0 radical (unpaired) electrons.